The third-order valence-corrected chi connectivity index (χ3v) is 2.05. The van der Waals surface area contributed by atoms with Crippen LogP contribution in [0.3, 0.4) is 0 Å². The van der Waals surface area contributed by atoms with Crippen LogP contribution in [0, 0.1) is 0 Å². The molecule has 0 aromatic heterocycles. The number of carbonyl (C=O) groups is 1. The maximum absolute atomic E-state index is 10.7. The highest BCUT2D eigenvalue weighted by Gasteiger charge is 2.56. The second-order valence-corrected chi connectivity index (χ2v) is 2.83. The Morgan fingerprint density at radius 3 is 2.42 bits per heavy atom. The maximum Gasteiger partial charge on any atom is 0.338 e. The summed E-state index contributed by atoms with van der Waals surface area (Å²) in [6.07, 6.45) is -5.94. The van der Waals surface area contributed by atoms with E-state index in [1.54, 1.807) is 0 Å². The fourth-order valence-electron chi connectivity index (χ4n) is 1.40. The standard InChI is InChI=1S/C6H8O6/c7-1-3-4(12-5(1)9)2(8)6(10)11-3/h1-5,7-9H/t1-,2+,3+,4+,5-/m1/s1. The molecule has 68 valence electrons. The van der Waals surface area contributed by atoms with E-state index >= 15 is 0 Å². The lowest BCUT2D eigenvalue weighted by Gasteiger charge is -2.10. The molecule has 2 heterocycles. The lowest BCUT2D eigenvalue weighted by molar-refractivity contribution is -0.168. The van der Waals surface area contributed by atoms with E-state index in [4.69, 9.17) is 15.3 Å². The second kappa shape index (κ2) is 2.40. The van der Waals surface area contributed by atoms with Crippen LogP contribution in [0.4, 0.5) is 0 Å². The van der Waals surface area contributed by atoms with E-state index in [1.807, 2.05) is 0 Å². The predicted molar refractivity (Wildman–Crippen MR) is 32.8 cm³/mol. The number of hydrogen-bond donors (Lipinski definition) is 3. The normalized spacial score (nSPS) is 52.2. The fraction of sp³-hybridized carbons (Fsp3) is 0.833. The van der Waals surface area contributed by atoms with E-state index in [2.05, 4.69) is 9.47 Å². The topological polar surface area (TPSA) is 96.2 Å². The first kappa shape index (κ1) is 7.93. The number of rotatable bonds is 0. The molecule has 0 aromatic rings. The highest BCUT2D eigenvalue weighted by molar-refractivity contribution is 5.78. The highest BCUT2D eigenvalue weighted by atomic mass is 16.7. The van der Waals surface area contributed by atoms with Crippen LogP contribution in [0.2, 0.25) is 0 Å². The van der Waals surface area contributed by atoms with Crippen molar-refractivity contribution in [2.45, 2.75) is 30.7 Å². The van der Waals surface area contributed by atoms with Gasteiger partial charge in [-0.25, -0.2) is 4.79 Å². The monoisotopic (exact) mass is 176 g/mol. The van der Waals surface area contributed by atoms with Crippen molar-refractivity contribution < 1.29 is 29.6 Å². The van der Waals surface area contributed by atoms with Crippen molar-refractivity contribution in [3.63, 3.8) is 0 Å². The molecule has 6 nitrogen and oxygen atoms in total. The molecule has 6 heteroatoms. The molecule has 0 radical (unpaired) electrons. The van der Waals surface area contributed by atoms with Crippen molar-refractivity contribution in [3.8, 4) is 0 Å². The summed E-state index contributed by atoms with van der Waals surface area (Å²) in [7, 11) is 0. The van der Waals surface area contributed by atoms with Crippen molar-refractivity contribution in [2.75, 3.05) is 0 Å². The Kier molecular flexibility index (Phi) is 1.58. The van der Waals surface area contributed by atoms with Gasteiger partial charge in [0.15, 0.2) is 18.5 Å². The van der Waals surface area contributed by atoms with Crippen LogP contribution in [0.1, 0.15) is 0 Å². The first-order valence-electron chi connectivity index (χ1n) is 3.51. The molecule has 0 bridgehead atoms. The van der Waals surface area contributed by atoms with E-state index in [9.17, 15) is 4.79 Å². The molecule has 0 amide bonds. The SMILES string of the molecule is O=C1O[C@H]2[C@@H](O)[C@H](O)O[C@H]2[C@@H]1O. The number of ether oxygens (including phenoxy) is 2. The first-order valence-corrected chi connectivity index (χ1v) is 3.51. The van der Waals surface area contributed by atoms with Crippen molar-refractivity contribution in [2.24, 2.45) is 0 Å². The van der Waals surface area contributed by atoms with E-state index in [0.717, 1.165) is 0 Å². The zero-order valence-corrected chi connectivity index (χ0v) is 5.95. The van der Waals surface area contributed by atoms with Crippen molar-refractivity contribution in [1.82, 2.24) is 0 Å². The molecule has 2 fully saturated rings. The first-order chi connectivity index (χ1) is 5.61. The molecule has 2 rings (SSSR count). The van der Waals surface area contributed by atoms with Gasteiger partial charge in [0, 0.05) is 0 Å². The maximum atomic E-state index is 10.7. The summed E-state index contributed by atoms with van der Waals surface area (Å²) in [5.74, 6) is -0.823. The van der Waals surface area contributed by atoms with Gasteiger partial charge in [-0.05, 0) is 0 Å². The average molecular weight is 176 g/mol. The van der Waals surface area contributed by atoms with Gasteiger partial charge >= 0.3 is 5.97 Å². The minimum atomic E-state index is -1.40. The van der Waals surface area contributed by atoms with Gasteiger partial charge in [0.1, 0.15) is 12.2 Å². The van der Waals surface area contributed by atoms with E-state index in [1.165, 1.54) is 0 Å². The zero-order chi connectivity index (χ0) is 8.88. The summed E-state index contributed by atoms with van der Waals surface area (Å²) in [5.41, 5.74) is 0. The Morgan fingerprint density at radius 2 is 1.83 bits per heavy atom. The summed E-state index contributed by atoms with van der Waals surface area (Å²) >= 11 is 0. The molecule has 2 aliphatic heterocycles. The Morgan fingerprint density at radius 1 is 1.17 bits per heavy atom. The van der Waals surface area contributed by atoms with Crippen molar-refractivity contribution >= 4 is 5.97 Å². The van der Waals surface area contributed by atoms with Crippen LogP contribution in [0.25, 0.3) is 0 Å². The largest absolute Gasteiger partial charge is 0.454 e. The van der Waals surface area contributed by atoms with Gasteiger partial charge in [0.2, 0.25) is 0 Å². The molecule has 0 aliphatic carbocycles. The summed E-state index contributed by atoms with van der Waals surface area (Å²) < 4.78 is 9.25. The van der Waals surface area contributed by atoms with Crippen LogP contribution in [-0.2, 0) is 14.3 Å². The van der Waals surface area contributed by atoms with E-state index in [0.29, 0.717) is 0 Å². The van der Waals surface area contributed by atoms with Gasteiger partial charge in [-0.15, -0.1) is 0 Å². The molecule has 5 atom stereocenters. The highest BCUT2D eigenvalue weighted by Crippen LogP contribution is 2.30. The van der Waals surface area contributed by atoms with Gasteiger partial charge < -0.3 is 24.8 Å². The Bertz CT molecular complexity index is 216. The second-order valence-electron chi connectivity index (χ2n) is 2.83. The van der Waals surface area contributed by atoms with Crippen molar-refractivity contribution in [1.29, 1.82) is 0 Å². The number of carbonyl (C=O) groups excluding carboxylic acids is 1. The minimum Gasteiger partial charge on any atom is -0.454 e. The van der Waals surface area contributed by atoms with E-state index < -0.39 is 36.7 Å². The Balaban J connectivity index is 2.19. The quantitative estimate of drug-likeness (QED) is 0.349. The summed E-state index contributed by atoms with van der Waals surface area (Å²) in [4.78, 5) is 10.7. The fourth-order valence-corrected chi connectivity index (χ4v) is 1.40. The van der Waals surface area contributed by atoms with Crippen molar-refractivity contribution in [3.05, 3.63) is 0 Å². The molecular weight excluding hydrogens is 168 g/mol. The molecule has 2 saturated heterocycles. The van der Waals surface area contributed by atoms with E-state index in [-0.39, 0.29) is 0 Å². The number of fused-ring (bicyclic) bond motifs is 1. The van der Waals surface area contributed by atoms with Crippen LogP contribution >= 0.6 is 0 Å². The molecule has 0 spiro atoms. The summed E-state index contributed by atoms with van der Waals surface area (Å²) in [5, 5.41) is 27.2. The van der Waals surface area contributed by atoms with Crippen LogP contribution < -0.4 is 0 Å². The van der Waals surface area contributed by atoms with Gasteiger partial charge in [0.05, 0.1) is 0 Å². The van der Waals surface area contributed by atoms with Gasteiger partial charge in [-0.3, -0.25) is 0 Å². The predicted octanol–water partition coefficient (Wildman–Crippen LogP) is -2.65. The lowest BCUT2D eigenvalue weighted by atomic mass is 10.1. The van der Waals surface area contributed by atoms with Crippen LogP contribution in [0.15, 0.2) is 0 Å². The summed E-state index contributed by atoms with van der Waals surface area (Å²) in [6.45, 7) is 0. The molecule has 3 N–H and O–H groups in total. The van der Waals surface area contributed by atoms with Gasteiger partial charge in [-0.2, -0.15) is 0 Å². The smallest absolute Gasteiger partial charge is 0.338 e. The molecule has 0 aromatic carbocycles. The Labute approximate surface area is 67.3 Å². The Hall–Kier alpha value is -0.690. The lowest BCUT2D eigenvalue weighted by Crippen LogP contribution is -2.32. The number of aliphatic hydroxyl groups is 3. The van der Waals surface area contributed by atoms with Crippen LogP contribution in [-0.4, -0.2) is 52.0 Å². The third-order valence-electron chi connectivity index (χ3n) is 2.05. The third kappa shape index (κ3) is 0.862. The number of hydrogen-bond acceptors (Lipinski definition) is 6. The molecule has 12 heavy (non-hydrogen) atoms. The average Bonchev–Trinajstić information content (AvgIpc) is 2.43. The minimum absolute atomic E-state index is 0.823. The van der Waals surface area contributed by atoms with Gasteiger partial charge in [-0.1, -0.05) is 0 Å². The van der Waals surface area contributed by atoms with Gasteiger partial charge in [0.25, 0.3) is 0 Å². The molecular formula is C6H8O6. The van der Waals surface area contributed by atoms with Crippen LogP contribution in [0.5, 0.6) is 0 Å². The zero-order valence-electron chi connectivity index (χ0n) is 5.95. The molecule has 0 unspecified atom stereocenters. The summed E-state index contributed by atoms with van der Waals surface area (Å²) in [6, 6.07) is 0. The number of esters is 1. The molecule has 0 saturated carbocycles. The number of aliphatic hydroxyl groups excluding tert-OH is 3. The molecule has 2 aliphatic rings.